The van der Waals surface area contributed by atoms with Gasteiger partial charge in [-0.2, -0.15) is 0 Å². The van der Waals surface area contributed by atoms with Crippen LogP contribution < -0.4 is 5.32 Å². The minimum atomic E-state index is -0.127. The number of hydrogen-bond donors (Lipinski definition) is 1. The summed E-state index contributed by atoms with van der Waals surface area (Å²) in [6, 6.07) is 0. The summed E-state index contributed by atoms with van der Waals surface area (Å²) in [6.45, 7) is 4.80. The fourth-order valence-electron chi connectivity index (χ4n) is 2.40. The van der Waals surface area contributed by atoms with E-state index in [4.69, 9.17) is 4.74 Å². The van der Waals surface area contributed by atoms with Gasteiger partial charge in [0.1, 0.15) is 0 Å². The summed E-state index contributed by atoms with van der Waals surface area (Å²) < 4.78 is 4.80. The topological polar surface area (TPSA) is 74.2 Å². The number of piperidine rings is 1. The lowest BCUT2D eigenvalue weighted by molar-refractivity contribution is -0.146. The Bertz CT molecular complexity index is 402. The van der Waals surface area contributed by atoms with Gasteiger partial charge in [0.05, 0.1) is 19.6 Å². The molecule has 0 bridgehead atoms. The molecule has 7 nitrogen and oxygen atoms in total. The van der Waals surface area contributed by atoms with Crippen molar-refractivity contribution in [3.63, 3.8) is 0 Å². The monoisotopic (exact) mass is 312 g/mol. The molecule has 0 radical (unpaired) electrons. The van der Waals surface area contributed by atoms with Crippen molar-refractivity contribution < 1.29 is 14.3 Å². The van der Waals surface area contributed by atoms with E-state index in [2.05, 4.69) is 15.2 Å². The lowest BCUT2D eigenvalue weighted by atomic mass is 9.97. The molecule has 1 fully saturated rings. The number of carbonyl (C=O) groups is 2. The Morgan fingerprint density at radius 2 is 1.95 bits per heavy atom. The summed E-state index contributed by atoms with van der Waals surface area (Å²) in [4.78, 5) is 31.4. The van der Waals surface area contributed by atoms with Gasteiger partial charge in [-0.25, -0.2) is 0 Å². The second-order valence-corrected chi connectivity index (χ2v) is 5.56. The molecule has 22 heavy (non-hydrogen) atoms. The molecular formula is C15H28N4O3. The maximum Gasteiger partial charge on any atom is 0.308 e. The molecule has 1 heterocycles. The number of esters is 1. The predicted molar refractivity (Wildman–Crippen MR) is 85.6 cm³/mol. The van der Waals surface area contributed by atoms with Gasteiger partial charge in [0.25, 0.3) is 0 Å². The number of ether oxygens (including phenoxy) is 1. The third-order valence-corrected chi connectivity index (χ3v) is 3.75. The van der Waals surface area contributed by atoms with Crippen LogP contribution in [0.1, 0.15) is 26.2 Å². The molecule has 1 aliphatic rings. The van der Waals surface area contributed by atoms with Crippen molar-refractivity contribution in [3.8, 4) is 0 Å². The SMILES string of the molecule is CCNC(=NCCC(=O)N(C)C)N1CCC(C(=O)OC)CC1. The summed E-state index contributed by atoms with van der Waals surface area (Å²) in [7, 11) is 4.92. The number of aliphatic imine (C=N–C) groups is 1. The van der Waals surface area contributed by atoms with Gasteiger partial charge in [0.15, 0.2) is 5.96 Å². The number of rotatable bonds is 5. The van der Waals surface area contributed by atoms with Crippen LogP contribution in [-0.2, 0) is 14.3 Å². The average molecular weight is 312 g/mol. The van der Waals surface area contributed by atoms with Gasteiger partial charge in [0.2, 0.25) is 5.91 Å². The molecule has 1 N–H and O–H groups in total. The van der Waals surface area contributed by atoms with Crippen molar-refractivity contribution in [2.75, 3.05) is 47.4 Å². The molecule has 0 aromatic carbocycles. The van der Waals surface area contributed by atoms with E-state index < -0.39 is 0 Å². The summed E-state index contributed by atoms with van der Waals surface area (Å²) in [6.07, 6.45) is 1.95. The molecule has 0 aromatic rings. The molecule has 1 rings (SSSR count). The standard InChI is InChI=1S/C15H28N4O3/c1-5-16-15(17-9-6-13(20)18(2)3)19-10-7-12(8-11-19)14(21)22-4/h12H,5-11H2,1-4H3,(H,16,17). The van der Waals surface area contributed by atoms with Gasteiger partial charge < -0.3 is 19.9 Å². The molecule has 1 saturated heterocycles. The highest BCUT2D eigenvalue weighted by Gasteiger charge is 2.26. The number of guanidine groups is 1. The van der Waals surface area contributed by atoms with Crippen molar-refractivity contribution in [2.24, 2.45) is 10.9 Å². The molecule has 0 spiro atoms. The Labute approximate surface area is 132 Å². The Morgan fingerprint density at radius 1 is 1.32 bits per heavy atom. The lowest BCUT2D eigenvalue weighted by Gasteiger charge is -2.33. The fourth-order valence-corrected chi connectivity index (χ4v) is 2.40. The first kappa shape index (κ1) is 18.3. The van der Waals surface area contributed by atoms with Gasteiger partial charge in [-0.1, -0.05) is 0 Å². The molecular weight excluding hydrogens is 284 g/mol. The molecule has 1 aliphatic heterocycles. The van der Waals surface area contributed by atoms with Gasteiger partial charge in [-0.3, -0.25) is 14.6 Å². The normalized spacial score (nSPS) is 16.4. The second kappa shape index (κ2) is 9.27. The third-order valence-electron chi connectivity index (χ3n) is 3.75. The summed E-state index contributed by atoms with van der Waals surface area (Å²) in [5, 5.41) is 3.25. The van der Waals surface area contributed by atoms with Crippen LogP contribution in [0.15, 0.2) is 4.99 Å². The Kier molecular flexibility index (Phi) is 7.70. The van der Waals surface area contributed by atoms with E-state index in [1.807, 2.05) is 6.92 Å². The van der Waals surface area contributed by atoms with Crippen LogP contribution in [0.2, 0.25) is 0 Å². The van der Waals surface area contributed by atoms with Crippen LogP contribution in [0, 0.1) is 5.92 Å². The molecule has 0 saturated carbocycles. The molecule has 126 valence electrons. The highest BCUT2D eigenvalue weighted by Crippen LogP contribution is 2.18. The average Bonchev–Trinajstić information content (AvgIpc) is 2.53. The Balaban J connectivity index is 2.53. The first-order valence-electron chi connectivity index (χ1n) is 7.80. The first-order chi connectivity index (χ1) is 10.5. The maximum atomic E-state index is 11.6. The first-order valence-corrected chi connectivity index (χ1v) is 7.80. The molecule has 0 unspecified atom stereocenters. The smallest absolute Gasteiger partial charge is 0.308 e. The highest BCUT2D eigenvalue weighted by molar-refractivity contribution is 5.81. The number of amides is 1. The van der Waals surface area contributed by atoms with E-state index in [9.17, 15) is 9.59 Å². The second-order valence-electron chi connectivity index (χ2n) is 5.56. The van der Waals surface area contributed by atoms with Gasteiger partial charge in [0, 0.05) is 40.2 Å². The number of carbonyl (C=O) groups excluding carboxylic acids is 2. The number of hydrogen-bond acceptors (Lipinski definition) is 4. The number of methoxy groups -OCH3 is 1. The third kappa shape index (κ3) is 5.54. The van der Waals surface area contributed by atoms with E-state index in [-0.39, 0.29) is 17.8 Å². The zero-order valence-electron chi connectivity index (χ0n) is 14.1. The zero-order valence-corrected chi connectivity index (χ0v) is 14.1. The van der Waals surface area contributed by atoms with Crippen LogP contribution in [-0.4, -0.2) is 75.0 Å². The summed E-state index contributed by atoms with van der Waals surface area (Å²) in [5.74, 6) is 0.749. The number of nitrogens with zero attached hydrogens (tertiary/aromatic N) is 3. The number of nitrogens with one attached hydrogen (secondary N) is 1. The van der Waals surface area contributed by atoms with E-state index in [1.165, 1.54) is 7.11 Å². The Morgan fingerprint density at radius 3 is 2.45 bits per heavy atom. The Hall–Kier alpha value is -1.79. The molecule has 7 heteroatoms. The highest BCUT2D eigenvalue weighted by atomic mass is 16.5. The fraction of sp³-hybridized carbons (Fsp3) is 0.800. The van der Waals surface area contributed by atoms with Crippen molar-refractivity contribution >= 4 is 17.8 Å². The van der Waals surface area contributed by atoms with E-state index >= 15 is 0 Å². The zero-order chi connectivity index (χ0) is 16.5. The van der Waals surface area contributed by atoms with Crippen molar-refractivity contribution in [3.05, 3.63) is 0 Å². The molecule has 0 aliphatic carbocycles. The van der Waals surface area contributed by atoms with E-state index in [0.29, 0.717) is 13.0 Å². The number of likely N-dealkylation sites (tertiary alicyclic amines) is 1. The maximum absolute atomic E-state index is 11.6. The molecule has 1 amide bonds. The minimum Gasteiger partial charge on any atom is -0.469 e. The largest absolute Gasteiger partial charge is 0.469 e. The predicted octanol–water partition coefficient (Wildman–Crippen LogP) is 0.315. The van der Waals surface area contributed by atoms with Crippen LogP contribution in [0.4, 0.5) is 0 Å². The minimum absolute atomic E-state index is 0.0144. The van der Waals surface area contributed by atoms with E-state index in [1.54, 1.807) is 19.0 Å². The lowest BCUT2D eigenvalue weighted by Crippen LogP contribution is -2.46. The van der Waals surface area contributed by atoms with Crippen LogP contribution in [0.25, 0.3) is 0 Å². The summed E-state index contributed by atoms with van der Waals surface area (Å²) >= 11 is 0. The molecule has 0 atom stereocenters. The van der Waals surface area contributed by atoms with Gasteiger partial charge >= 0.3 is 5.97 Å². The van der Waals surface area contributed by atoms with Crippen molar-refractivity contribution in [1.82, 2.24) is 15.1 Å². The molecule has 0 aromatic heterocycles. The van der Waals surface area contributed by atoms with Crippen LogP contribution >= 0.6 is 0 Å². The van der Waals surface area contributed by atoms with Gasteiger partial charge in [-0.05, 0) is 19.8 Å². The van der Waals surface area contributed by atoms with Crippen molar-refractivity contribution in [2.45, 2.75) is 26.2 Å². The van der Waals surface area contributed by atoms with Crippen LogP contribution in [0.5, 0.6) is 0 Å². The summed E-state index contributed by atoms with van der Waals surface area (Å²) in [5.41, 5.74) is 0. The van der Waals surface area contributed by atoms with Crippen molar-refractivity contribution in [1.29, 1.82) is 0 Å². The van der Waals surface area contributed by atoms with Gasteiger partial charge in [-0.15, -0.1) is 0 Å². The van der Waals surface area contributed by atoms with Crippen LogP contribution in [0.3, 0.4) is 0 Å². The quantitative estimate of drug-likeness (QED) is 0.449. The van der Waals surface area contributed by atoms with E-state index in [0.717, 1.165) is 38.4 Å².